The Morgan fingerprint density at radius 3 is 1.43 bits per heavy atom. The molecule has 3 fully saturated rings. The lowest BCUT2D eigenvalue weighted by Gasteiger charge is -2.31. The zero-order chi connectivity index (χ0) is 86.7. The van der Waals surface area contributed by atoms with Crippen LogP contribution in [0.15, 0.2) is 140 Å². The Morgan fingerprint density at radius 2 is 0.958 bits per heavy atom. The average molecular weight is 1670 g/mol. The van der Waals surface area contributed by atoms with Crippen molar-refractivity contribution in [3.63, 3.8) is 0 Å². The summed E-state index contributed by atoms with van der Waals surface area (Å²) in [7, 11) is 0. The third kappa shape index (κ3) is 27.8. The number of aliphatic hydroxyl groups is 1. The van der Waals surface area contributed by atoms with E-state index in [0.29, 0.717) is 58.6 Å². The predicted molar refractivity (Wildman–Crippen MR) is 445 cm³/mol. The largest absolute Gasteiger partial charge is 0.394 e. The first-order valence-electron chi connectivity index (χ1n) is 40.0. The highest BCUT2D eigenvalue weighted by atomic mass is 35.5. The Hall–Kier alpha value is -12.6. The summed E-state index contributed by atoms with van der Waals surface area (Å²) in [6.07, 6.45) is 3.45. The highest BCUT2D eigenvalue weighted by molar-refractivity contribution is 6.30. The number of urea groups is 2. The number of carbonyl (C=O) groups is 15. The number of rotatable bonds is 42. The Balaban J connectivity index is 1.01. The van der Waals surface area contributed by atoms with Gasteiger partial charge in [0.25, 0.3) is 0 Å². The summed E-state index contributed by atoms with van der Waals surface area (Å²) in [5, 5.41) is 56.6. The molecule has 4 heterocycles. The van der Waals surface area contributed by atoms with Crippen LogP contribution >= 0.6 is 11.6 Å². The third-order valence-electron chi connectivity index (χ3n) is 20.4. The van der Waals surface area contributed by atoms with Gasteiger partial charge < -0.3 is 101 Å². The van der Waals surface area contributed by atoms with E-state index in [1.165, 1.54) is 67.5 Å². The predicted octanol–water partition coefficient (Wildman–Crippen LogP) is 0.727. The Morgan fingerprint density at radius 1 is 0.508 bits per heavy atom. The molecule has 36 heteroatoms. The number of anilines is 2. The number of unbranched alkanes of at least 4 members (excludes halogenated alkanes) is 1. The van der Waals surface area contributed by atoms with Crippen molar-refractivity contribution in [2.24, 2.45) is 11.7 Å². The molecule has 0 bridgehead atoms. The number of benzene rings is 5. The molecule has 12 atom stereocenters. The number of nitrogens with one attached hydrogen (secondary N) is 16. The molecule has 640 valence electrons. The van der Waals surface area contributed by atoms with Gasteiger partial charge in [0.2, 0.25) is 76.8 Å². The van der Waals surface area contributed by atoms with Crippen LogP contribution in [0.4, 0.5) is 21.0 Å². The number of aromatic nitrogens is 1. The molecule has 3 saturated heterocycles. The molecule has 35 nitrogen and oxygen atoms in total. The Bertz CT molecular complexity index is 4660. The van der Waals surface area contributed by atoms with Crippen molar-refractivity contribution in [2.75, 3.05) is 43.4 Å². The summed E-state index contributed by atoms with van der Waals surface area (Å²) in [5.41, 5.74) is 8.33. The minimum absolute atomic E-state index is 0.00707. The normalized spacial score (nSPS) is 17.1. The fraction of sp³-hybridized carbons (Fsp3) is 0.429. The molecule has 0 radical (unpaired) electrons. The fourth-order valence-corrected chi connectivity index (χ4v) is 14.0. The summed E-state index contributed by atoms with van der Waals surface area (Å²) in [4.78, 5) is 215. The molecule has 5 aromatic carbocycles. The second-order valence-corrected chi connectivity index (χ2v) is 31.2. The molecule has 120 heavy (non-hydrogen) atoms. The number of carbonyl (C=O) groups excluding carboxylic acids is 15. The van der Waals surface area contributed by atoms with Gasteiger partial charge in [-0.3, -0.25) is 67.3 Å². The van der Waals surface area contributed by atoms with Gasteiger partial charge in [-0.25, -0.2) is 9.59 Å². The molecular formula is C84H106ClN19O16. The molecular weight excluding hydrogens is 1570 g/mol. The highest BCUT2D eigenvalue weighted by Crippen LogP contribution is 2.24. The zero-order valence-electron chi connectivity index (χ0n) is 67.6. The van der Waals surface area contributed by atoms with Gasteiger partial charge in [0.15, 0.2) is 0 Å². The van der Waals surface area contributed by atoms with Crippen LogP contribution in [0.1, 0.15) is 108 Å². The number of pyridine rings is 1. The molecule has 6 aromatic rings. The summed E-state index contributed by atoms with van der Waals surface area (Å²) in [6.45, 7) is 9.80. The van der Waals surface area contributed by atoms with Gasteiger partial charge in [-0.15, -0.1) is 0 Å². The SMILES string of the molecule is CC(=O)N[C@H](Cc1ccc2ccccc2c1)C(=O)N[C@H](Cc1ccc(Cl)cc1)C(=O)N[C@H](Cc1cccnc1)C(=O)N[C@@H](CO)C(=O)N[C@@H](Cc1ccc(NC(=O)C2CNC(=O)N2)cc1)C(=O)N[C@H](Cc1ccc(NC(=O)C2CNC(=O)N2)cc1)C(=O)N[C@@H](CC(C)C)C(=O)N[C@@H](CCCCNC(C)C)C(=O)N1CCC[C@H]1C(=O)N[C@H](C)C(N)=O. The second-order valence-electron chi connectivity index (χ2n) is 30.8. The van der Waals surface area contributed by atoms with Crippen LogP contribution in [-0.4, -0.2) is 215 Å². The Labute approximate surface area is 699 Å². The van der Waals surface area contributed by atoms with Crippen molar-refractivity contribution >= 4 is 123 Å². The number of fused-ring (bicyclic) bond motifs is 1. The van der Waals surface area contributed by atoms with Crippen LogP contribution in [0.3, 0.4) is 0 Å². The van der Waals surface area contributed by atoms with E-state index < -0.39 is 174 Å². The summed E-state index contributed by atoms with van der Waals surface area (Å²) in [5.74, 6) is -10.6. The zero-order valence-corrected chi connectivity index (χ0v) is 68.4. The second kappa shape index (κ2) is 44.2. The van der Waals surface area contributed by atoms with Crippen LogP contribution in [0.2, 0.25) is 5.02 Å². The maximum absolute atomic E-state index is 15.6. The maximum atomic E-state index is 15.6. The van der Waals surface area contributed by atoms with Crippen LogP contribution in [0.5, 0.6) is 0 Å². The van der Waals surface area contributed by atoms with Gasteiger partial charge in [0.1, 0.15) is 72.5 Å². The van der Waals surface area contributed by atoms with E-state index in [1.807, 2.05) is 56.3 Å². The fourth-order valence-electron chi connectivity index (χ4n) is 13.9. The van der Waals surface area contributed by atoms with Gasteiger partial charge in [-0.05, 0) is 139 Å². The summed E-state index contributed by atoms with van der Waals surface area (Å²) < 4.78 is 0. The number of primary amides is 1. The number of likely N-dealkylation sites (tertiary alicyclic amines) is 1. The van der Waals surface area contributed by atoms with E-state index in [2.05, 4.69) is 90.1 Å². The molecule has 1 aromatic heterocycles. The molecule has 17 amide bonds. The Kier molecular flexibility index (Phi) is 33.7. The quantitative estimate of drug-likeness (QED) is 0.0235. The molecule has 19 N–H and O–H groups in total. The van der Waals surface area contributed by atoms with Gasteiger partial charge in [0, 0.05) is 93.5 Å². The first-order chi connectivity index (χ1) is 57.3. The van der Waals surface area contributed by atoms with Crippen LogP contribution < -0.4 is 90.8 Å². The number of hydrogen-bond acceptors (Lipinski definition) is 18. The van der Waals surface area contributed by atoms with Gasteiger partial charge in [-0.2, -0.15) is 0 Å². The van der Waals surface area contributed by atoms with Crippen molar-refractivity contribution in [3.8, 4) is 0 Å². The van der Waals surface area contributed by atoms with Gasteiger partial charge in [-0.1, -0.05) is 124 Å². The third-order valence-corrected chi connectivity index (χ3v) is 20.6. The number of hydrogen-bond donors (Lipinski definition) is 18. The smallest absolute Gasteiger partial charge is 0.315 e. The molecule has 0 spiro atoms. The van der Waals surface area contributed by atoms with E-state index >= 15 is 28.8 Å². The van der Waals surface area contributed by atoms with Crippen molar-refractivity contribution < 1.29 is 77.0 Å². The van der Waals surface area contributed by atoms with Crippen LogP contribution in [-0.2, 0) is 94.4 Å². The number of amides is 17. The number of nitrogens with zero attached hydrogens (tertiary/aromatic N) is 2. The average Bonchev–Trinajstić information content (AvgIpc) is 1.55. The topological polar surface area (TPSA) is 511 Å². The number of halogens is 1. The lowest BCUT2D eigenvalue weighted by molar-refractivity contribution is -0.142. The van der Waals surface area contributed by atoms with Gasteiger partial charge >= 0.3 is 12.1 Å². The lowest BCUT2D eigenvalue weighted by atomic mass is 9.99. The van der Waals surface area contributed by atoms with Crippen molar-refractivity contribution in [1.82, 2.24) is 84.3 Å². The number of aliphatic hydroxyl groups excluding tert-OH is 1. The van der Waals surface area contributed by atoms with E-state index in [1.54, 1.807) is 62.4 Å². The minimum atomic E-state index is -1.91. The van der Waals surface area contributed by atoms with Crippen LogP contribution in [0.25, 0.3) is 10.8 Å². The standard InChI is InChI=1S/C84H106ClN19O16/c1-46(2)35-61(72(108)95-60(16-9-10-33-88-47(3)4)82(118)104-34-12-17-70(104)81(117)91-48(5)71(86)107)96-74(110)64(38-51-21-28-58(29-22-51)93-78(114)67-43-89-83(119)102-67)98-76(112)65(39-52-23-30-59(31-24-52)94-79(115)68-44-90-84(120)103-68)100-80(116)69(45-105)101-77(113)66(41-54-13-11-32-87-42-54)99-75(111)63(37-50-19-26-57(85)27-20-50)97-73(109)62(92-49(6)106)40-53-18-25-55-14-7-8-15-56(55)36-53/h7-8,11,13-15,18-32,36,42,46-48,60-70,88,105H,9-10,12,16-17,33-35,37-41,43-45H2,1-6H3,(H2,86,107)(H,91,117)(H,92,106)(H,93,114)(H,94,115)(H,95,108)(H,96,110)(H,97,109)(H,98,112)(H,99,111)(H,100,116)(H,101,113)(H2,89,102,119)(H2,90,103,120)/t48-,60+,61+,62-,63-,64-,65+,66-,67?,68?,69+,70+/m1/s1. The lowest BCUT2D eigenvalue weighted by Crippen LogP contribution is -2.62. The maximum Gasteiger partial charge on any atom is 0.315 e. The van der Waals surface area contributed by atoms with E-state index in [4.69, 9.17) is 17.3 Å². The van der Waals surface area contributed by atoms with Crippen molar-refractivity contribution in [2.45, 2.75) is 191 Å². The molecule has 3 aliphatic rings. The molecule has 2 unspecified atom stereocenters. The van der Waals surface area contributed by atoms with Crippen LogP contribution in [0, 0.1) is 5.92 Å². The van der Waals surface area contributed by atoms with E-state index in [0.717, 1.165) is 10.8 Å². The van der Waals surface area contributed by atoms with Crippen molar-refractivity contribution in [3.05, 3.63) is 173 Å². The molecule has 0 aliphatic carbocycles. The van der Waals surface area contributed by atoms with E-state index in [9.17, 15) is 48.3 Å². The highest BCUT2D eigenvalue weighted by Gasteiger charge is 2.41. The minimum Gasteiger partial charge on any atom is -0.394 e. The van der Waals surface area contributed by atoms with E-state index in [-0.39, 0.29) is 87.9 Å². The summed E-state index contributed by atoms with van der Waals surface area (Å²) >= 11 is 6.28. The molecule has 0 saturated carbocycles. The molecule has 3 aliphatic heterocycles. The monoisotopic (exact) mass is 1670 g/mol. The number of nitrogens with two attached hydrogens (primary N) is 1. The van der Waals surface area contributed by atoms with Crippen molar-refractivity contribution in [1.29, 1.82) is 0 Å². The first kappa shape index (κ1) is 91.3. The first-order valence-corrected chi connectivity index (χ1v) is 40.4. The van der Waals surface area contributed by atoms with Gasteiger partial charge in [0.05, 0.1) is 6.61 Å². The summed E-state index contributed by atoms with van der Waals surface area (Å²) in [6, 6.07) is 17.9. The molecule has 9 rings (SSSR count).